The maximum atomic E-state index is 5.78. The first kappa shape index (κ1) is 9.82. The Balaban J connectivity index is 2.19. The first-order valence-electron chi connectivity index (χ1n) is 3.70. The normalized spacial score (nSPS) is 10.4. The standard InChI is InChI=1S/C7H5ClN4S2/c1-4-2-9-7(10-3-4)13-6-5(8)11-14-12-6/h2-3H,1H3. The van der Waals surface area contributed by atoms with E-state index in [-0.39, 0.29) is 0 Å². The van der Waals surface area contributed by atoms with Gasteiger partial charge in [-0.2, -0.15) is 8.75 Å². The Kier molecular flexibility index (Phi) is 2.95. The molecular formula is C7H5ClN4S2. The fourth-order valence-electron chi connectivity index (χ4n) is 0.751. The van der Waals surface area contributed by atoms with Crippen molar-refractivity contribution in [2.24, 2.45) is 0 Å². The molecule has 0 aliphatic rings. The molecule has 0 fully saturated rings. The Bertz CT molecular complexity index is 428. The third kappa shape index (κ3) is 2.20. The third-order valence-corrected chi connectivity index (χ3v) is 3.36. The molecule has 0 radical (unpaired) electrons. The van der Waals surface area contributed by atoms with Gasteiger partial charge in [0.1, 0.15) is 0 Å². The lowest BCUT2D eigenvalue weighted by Gasteiger charge is -1.95. The van der Waals surface area contributed by atoms with Gasteiger partial charge in [-0.25, -0.2) is 9.97 Å². The van der Waals surface area contributed by atoms with E-state index >= 15 is 0 Å². The van der Waals surface area contributed by atoms with Crippen LogP contribution in [-0.2, 0) is 0 Å². The zero-order valence-corrected chi connectivity index (χ0v) is 9.53. The summed E-state index contributed by atoms with van der Waals surface area (Å²) in [5.41, 5.74) is 1.02. The summed E-state index contributed by atoms with van der Waals surface area (Å²) >= 11 is 8.17. The van der Waals surface area contributed by atoms with Gasteiger partial charge in [0, 0.05) is 12.4 Å². The number of hydrogen-bond donors (Lipinski definition) is 0. The van der Waals surface area contributed by atoms with Crippen molar-refractivity contribution in [1.82, 2.24) is 18.7 Å². The molecular weight excluding hydrogens is 240 g/mol. The topological polar surface area (TPSA) is 51.6 Å². The second kappa shape index (κ2) is 4.20. The monoisotopic (exact) mass is 244 g/mol. The van der Waals surface area contributed by atoms with Gasteiger partial charge in [0.2, 0.25) is 0 Å². The lowest BCUT2D eigenvalue weighted by atomic mass is 10.4. The molecule has 2 aromatic heterocycles. The van der Waals surface area contributed by atoms with Crippen LogP contribution in [0.5, 0.6) is 0 Å². The molecule has 0 aliphatic carbocycles. The van der Waals surface area contributed by atoms with Crippen molar-refractivity contribution < 1.29 is 0 Å². The molecule has 4 nitrogen and oxygen atoms in total. The molecule has 7 heteroatoms. The average Bonchev–Trinajstić information content (AvgIpc) is 2.56. The quantitative estimate of drug-likeness (QED) is 0.760. The van der Waals surface area contributed by atoms with Gasteiger partial charge in [-0.1, -0.05) is 11.6 Å². The molecule has 2 aromatic rings. The smallest absolute Gasteiger partial charge is 0.194 e. The van der Waals surface area contributed by atoms with Gasteiger partial charge in [0.25, 0.3) is 0 Å². The average molecular weight is 245 g/mol. The van der Waals surface area contributed by atoms with Gasteiger partial charge < -0.3 is 0 Å². The van der Waals surface area contributed by atoms with Crippen LogP contribution < -0.4 is 0 Å². The summed E-state index contributed by atoms with van der Waals surface area (Å²) < 4.78 is 7.86. The summed E-state index contributed by atoms with van der Waals surface area (Å²) in [6, 6.07) is 0. The number of rotatable bonds is 2. The maximum absolute atomic E-state index is 5.78. The molecule has 2 heterocycles. The van der Waals surface area contributed by atoms with Crippen LogP contribution in [0.3, 0.4) is 0 Å². The molecule has 0 saturated heterocycles. The first-order valence-corrected chi connectivity index (χ1v) is 5.63. The van der Waals surface area contributed by atoms with Crippen molar-refractivity contribution in [3.8, 4) is 0 Å². The minimum atomic E-state index is 0.407. The van der Waals surface area contributed by atoms with Crippen LogP contribution in [0.4, 0.5) is 0 Å². The van der Waals surface area contributed by atoms with Crippen molar-refractivity contribution in [3.63, 3.8) is 0 Å². The van der Waals surface area contributed by atoms with Crippen molar-refractivity contribution in [2.75, 3.05) is 0 Å². The molecule has 0 bridgehead atoms. The molecule has 0 aromatic carbocycles. The summed E-state index contributed by atoms with van der Waals surface area (Å²) in [5.74, 6) is 0. The molecule has 0 unspecified atom stereocenters. The second-order valence-corrected chi connectivity index (χ2v) is 4.35. The first-order chi connectivity index (χ1) is 6.75. The van der Waals surface area contributed by atoms with Gasteiger partial charge in [-0.15, -0.1) is 0 Å². The van der Waals surface area contributed by atoms with E-state index in [1.165, 1.54) is 11.8 Å². The predicted octanol–water partition coefficient (Wildman–Crippen LogP) is 2.44. The summed E-state index contributed by atoms with van der Waals surface area (Å²) in [4.78, 5) is 8.25. The highest BCUT2D eigenvalue weighted by molar-refractivity contribution is 7.99. The fourth-order valence-corrected chi connectivity index (χ4v) is 2.23. The molecule has 2 rings (SSSR count). The Morgan fingerprint density at radius 2 is 2.00 bits per heavy atom. The zero-order chi connectivity index (χ0) is 9.97. The van der Waals surface area contributed by atoms with E-state index in [0.29, 0.717) is 15.3 Å². The molecule has 72 valence electrons. The highest BCUT2D eigenvalue weighted by atomic mass is 35.5. The lowest BCUT2D eigenvalue weighted by molar-refractivity contribution is 0.947. The van der Waals surface area contributed by atoms with E-state index in [1.807, 2.05) is 6.92 Å². The minimum Gasteiger partial charge on any atom is -0.231 e. The van der Waals surface area contributed by atoms with Crippen LogP contribution in [-0.4, -0.2) is 18.7 Å². The van der Waals surface area contributed by atoms with E-state index in [1.54, 1.807) is 12.4 Å². The van der Waals surface area contributed by atoms with Crippen LogP contribution in [0.2, 0.25) is 5.15 Å². The van der Waals surface area contributed by atoms with E-state index in [0.717, 1.165) is 17.3 Å². The predicted molar refractivity (Wildman–Crippen MR) is 55.8 cm³/mol. The fraction of sp³-hybridized carbons (Fsp3) is 0.143. The summed E-state index contributed by atoms with van der Waals surface area (Å²) in [7, 11) is 0. The minimum absolute atomic E-state index is 0.407. The van der Waals surface area contributed by atoms with Crippen LogP contribution in [0.25, 0.3) is 0 Å². The van der Waals surface area contributed by atoms with E-state index < -0.39 is 0 Å². The zero-order valence-electron chi connectivity index (χ0n) is 7.14. The lowest BCUT2D eigenvalue weighted by Crippen LogP contribution is -1.86. The van der Waals surface area contributed by atoms with Crippen LogP contribution in [0, 0.1) is 6.92 Å². The number of nitrogens with zero attached hydrogens (tertiary/aromatic N) is 4. The maximum Gasteiger partial charge on any atom is 0.194 e. The van der Waals surface area contributed by atoms with Crippen LogP contribution in [0.15, 0.2) is 22.6 Å². The number of aryl methyl sites for hydroxylation is 1. The Morgan fingerprint density at radius 1 is 1.29 bits per heavy atom. The molecule has 0 amide bonds. The van der Waals surface area contributed by atoms with E-state index in [4.69, 9.17) is 11.6 Å². The summed E-state index contributed by atoms with van der Waals surface area (Å²) in [6.45, 7) is 1.94. The van der Waals surface area contributed by atoms with Gasteiger partial charge >= 0.3 is 0 Å². The summed E-state index contributed by atoms with van der Waals surface area (Å²) in [5, 5.41) is 1.69. The molecule has 0 aliphatic heterocycles. The highest BCUT2D eigenvalue weighted by Crippen LogP contribution is 2.28. The Hall–Kier alpha value is -0.720. The number of halogens is 1. The van der Waals surface area contributed by atoms with Gasteiger partial charge in [0.05, 0.1) is 11.7 Å². The van der Waals surface area contributed by atoms with Crippen molar-refractivity contribution in [1.29, 1.82) is 0 Å². The van der Waals surface area contributed by atoms with E-state index in [2.05, 4.69) is 18.7 Å². The van der Waals surface area contributed by atoms with E-state index in [9.17, 15) is 0 Å². The highest BCUT2D eigenvalue weighted by Gasteiger charge is 2.08. The molecule has 0 spiro atoms. The Morgan fingerprint density at radius 3 is 2.57 bits per heavy atom. The molecule has 0 saturated carbocycles. The third-order valence-electron chi connectivity index (χ3n) is 1.37. The van der Waals surface area contributed by atoms with Gasteiger partial charge in [-0.05, 0) is 24.2 Å². The molecule has 14 heavy (non-hydrogen) atoms. The SMILES string of the molecule is Cc1cnc(Sc2nsnc2Cl)nc1. The van der Waals surface area contributed by atoms with Crippen molar-refractivity contribution >= 4 is 35.1 Å². The largest absolute Gasteiger partial charge is 0.231 e. The number of aromatic nitrogens is 4. The van der Waals surface area contributed by atoms with Gasteiger partial charge in [-0.3, -0.25) is 0 Å². The van der Waals surface area contributed by atoms with Crippen LogP contribution in [0.1, 0.15) is 5.56 Å². The van der Waals surface area contributed by atoms with Gasteiger partial charge in [0.15, 0.2) is 15.3 Å². The van der Waals surface area contributed by atoms with Crippen molar-refractivity contribution in [3.05, 3.63) is 23.1 Å². The van der Waals surface area contributed by atoms with Crippen molar-refractivity contribution in [2.45, 2.75) is 17.1 Å². The van der Waals surface area contributed by atoms with Crippen LogP contribution >= 0.6 is 35.1 Å². The Labute approximate surface area is 94.1 Å². The molecule has 0 N–H and O–H groups in total. The molecule has 0 atom stereocenters. The summed E-state index contributed by atoms with van der Waals surface area (Å²) in [6.07, 6.45) is 3.51. The second-order valence-electron chi connectivity index (χ2n) is 2.51. The number of hydrogen-bond acceptors (Lipinski definition) is 6.